The summed E-state index contributed by atoms with van der Waals surface area (Å²) in [6, 6.07) is 6.47. The van der Waals surface area contributed by atoms with E-state index in [-0.39, 0.29) is 17.5 Å². The van der Waals surface area contributed by atoms with Crippen LogP contribution in [0, 0.1) is 10.1 Å². The Bertz CT molecular complexity index is 985. The molecule has 1 atom stereocenters. The van der Waals surface area contributed by atoms with E-state index in [9.17, 15) is 14.9 Å². The number of nitrogens with zero attached hydrogens (tertiary/aromatic N) is 4. The number of thiazole rings is 1. The number of fused-ring (bicyclic) bond motifs is 1. The van der Waals surface area contributed by atoms with Gasteiger partial charge in [-0.05, 0) is 29.5 Å². The van der Waals surface area contributed by atoms with Crippen molar-refractivity contribution in [1.82, 2.24) is 9.38 Å². The smallest absolute Gasteiger partial charge is 0.358 e. The van der Waals surface area contributed by atoms with Crippen LogP contribution in [-0.2, 0) is 4.79 Å². The van der Waals surface area contributed by atoms with Crippen molar-refractivity contribution in [3.8, 4) is 0 Å². The Hall–Kier alpha value is -2.65. The first kappa shape index (κ1) is 15.9. The number of hydrogen-bond acceptors (Lipinski definition) is 6. The summed E-state index contributed by atoms with van der Waals surface area (Å²) >= 11 is 7.28. The number of benzene rings is 1. The standard InChI is InChI=1S/C15H12ClN5O3S/c16-9-2-1-3-10(8-9)19-5-4-11(14(19)22)17-12-13(21(23)24)20-6-7-25-15(20)18-12/h1-3,6-8,11,17H,4-5H2. The fourth-order valence-electron chi connectivity index (χ4n) is 2.92. The maximum atomic E-state index is 12.7. The first-order valence-electron chi connectivity index (χ1n) is 7.48. The largest absolute Gasteiger partial charge is 0.372 e. The topological polar surface area (TPSA) is 92.8 Å². The molecule has 0 aliphatic carbocycles. The van der Waals surface area contributed by atoms with E-state index >= 15 is 0 Å². The molecule has 25 heavy (non-hydrogen) atoms. The predicted octanol–water partition coefficient (Wildman–Crippen LogP) is 3.17. The molecule has 128 valence electrons. The second-order valence-electron chi connectivity index (χ2n) is 5.55. The van der Waals surface area contributed by atoms with Crippen LogP contribution < -0.4 is 10.2 Å². The summed E-state index contributed by atoms with van der Waals surface area (Å²) < 4.78 is 1.40. The van der Waals surface area contributed by atoms with Gasteiger partial charge in [0.15, 0.2) is 0 Å². The monoisotopic (exact) mass is 377 g/mol. The van der Waals surface area contributed by atoms with Crippen molar-refractivity contribution in [1.29, 1.82) is 0 Å². The molecule has 0 spiro atoms. The van der Waals surface area contributed by atoms with Crippen molar-refractivity contribution >= 4 is 51.1 Å². The maximum Gasteiger partial charge on any atom is 0.372 e. The van der Waals surface area contributed by atoms with E-state index < -0.39 is 11.0 Å². The number of imidazole rings is 1. The highest BCUT2D eigenvalue weighted by Gasteiger charge is 2.35. The molecule has 1 unspecified atom stereocenters. The van der Waals surface area contributed by atoms with Crippen LogP contribution in [-0.4, -0.2) is 32.8 Å². The van der Waals surface area contributed by atoms with Gasteiger partial charge in [-0.1, -0.05) is 29.0 Å². The van der Waals surface area contributed by atoms with E-state index in [2.05, 4.69) is 10.3 Å². The highest BCUT2D eigenvalue weighted by Crippen LogP contribution is 2.31. The van der Waals surface area contributed by atoms with Crippen molar-refractivity contribution in [3.05, 3.63) is 51.0 Å². The number of anilines is 2. The third kappa shape index (κ3) is 2.71. The molecule has 1 aliphatic heterocycles. The first-order valence-corrected chi connectivity index (χ1v) is 8.74. The van der Waals surface area contributed by atoms with Crippen LogP contribution >= 0.6 is 22.9 Å². The Balaban J connectivity index is 1.60. The van der Waals surface area contributed by atoms with Crippen molar-refractivity contribution in [3.63, 3.8) is 0 Å². The highest BCUT2D eigenvalue weighted by atomic mass is 35.5. The Kier molecular flexibility index (Phi) is 3.81. The van der Waals surface area contributed by atoms with Gasteiger partial charge in [0.1, 0.15) is 12.2 Å². The second-order valence-corrected chi connectivity index (χ2v) is 6.86. The summed E-state index contributed by atoms with van der Waals surface area (Å²) in [6.45, 7) is 0.507. The van der Waals surface area contributed by atoms with E-state index in [1.54, 1.807) is 40.7 Å². The third-order valence-corrected chi connectivity index (χ3v) is 5.04. The van der Waals surface area contributed by atoms with Crippen LogP contribution in [0.3, 0.4) is 0 Å². The summed E-state index contributed by atoms with van der Waals surface area (Å²) in [4.78, 5) is 29.9. The predicted molar refractivity (Wildman–Crippen MR) is 95.6 cm³/mol. The van der Waals surface area contributed by atoms with Crippen LogP contribution in [0.15, 0.2) is 35.8 Å². The van der Waals surface area contributed by atoms with Crippen LogP contribution in [0.5, 0.6) is 0 Å². The maximum absolute atomic E-state index is 12.7. The fraction of sp³-hybridized carbons (Fsp3) is 0.200. The number of aromatic nitrogens is 2. The Morgan fingerprint density at radius 1 is 1.44 bits per heavy atom. The van der Waals surface area contributed by atoms with Gasteiger partial charge in [-0.3, -0.25) is 4.79 Å². The summed E-state index contributed by atoms with van der Waals surface area (Å²) in [5, 5.41) is 16.6. The van der Waals surface area contributed by atoms with Crippen molar-refractivity contribution in [2.45, 2.75) is 12.5 Å². The SMILES string of the molecule is O=C1C(Nc2nc3sccn3c2[N+](=O)[O-])CCN1c1cccc(Cl)c1. The molecule has 3 aromatic rings. The molecule has 8 nitrogen and oxygen atoms in total. The molecule has 1 amide bonds. The van der Waals surface area contributed by atoms with Gasteiger partial charge in [-0.25, -0.2) is 0 Å². The molecule has 10 heteroatoms. The minimum Gasteiger partial charge on any atom is -0.358 e. The summed E-state index contributed by atoms with van der Waals surface area (Å²) in [7, 11) is 0. The lowest BCUT2D eigenvalue weighted by molar-refractivity contribution is -0.389. The number of nitro groups is 1. The molecular formula is C15H12ClN5O3S. The number of hydrogen-bond donors (Lipinski definition) is 1. The number of halogens is 1. The summed E-state index contributed by atoms with van der Waals surface area (Å²) in [5.74, 6) is -0.207. The van der Waals surface area contributed by atoms with E-state index in [0.717, 1.165) is 0 Å². The number of amides is 1. The van der Waals surface area contributed by atoms with Crippen molar-refractivity contribution < 1.29 is 9.72 Å². The molecule has 2 aromatic heterocycles. The van der Waals surface area contributed by atoms with Gasteiger partial charge in [0.05, 0.1) is 0 Å². The zero-order chi connectivity index (χ0) is 17.6. The lowest BCUT2D eigenvalue weighted by Gasteiger charge is -2.17. The molecule has 4 rings (SSSR count). The zero-order valence-corrected chi connectivity index (χ0v) is 14.3. The molecule has 1 N–H and O–H groups in total. The average Bonchev–Trinajstić information content (AvgIpc) is 3.23. The molecule has 0 saturated carbocycles. The third-order valence-electron chi connectivity index (χ3n) is 4.05. The molecule has 1 aromatic carbocycles. The molecule has 1 aliphatic rings. The Morgan fingerprint density at radius 2 is 2.28 bits per heavy atom. The molecule has 0 radical (unpaired) electrons. The van der Waals surface area contributed by atoms with Crippen molar-refractivity contribution in [2.24, 2.45) is 0 Å². The zero-order valence-electron chi connectivity index (χ0n) is 12.8. The van der Waals surface area contributed by atoms with E-state index in [1.165, 1.54) is 15.7 Å². The Morgan fingerprint density at radius 3 is 3.04 bits per heavy atom. The van der Waals surface area contributed by atoms with E-state index in [4.69, 9.17) is 11.6 Å². The van der Waals surface area contributed by atoms with Gasteiger partial charge >= 0.3 is 5.82 Å². The molecule has 0 bridgehead atoms. The number of nitrogens with one attached hydrogen (secondary N) is 1. The van der Waals surface area contributed by atoms with Gasteiger partial charge in [0.25, 0.3) is 4.96 Å². The first-order chi connectivity index (χ1) is 12.0. The Labute approximate surface area is 150 Å². The van der Waals surface area contributed by atoms with Gasteiger partial charge in [0, 0.05) is 22.6 Å². The van der Waals surface area contributed by atoms with E-state index in [1.807, 2.05) is 0 Å². The minimum atomic E-state index is -0.567. The molecule has 1 fully saturated rings. The average molecular weight is 378 g/mol. The quantitative estimate of drug-likeness (QED) is 0.556. The number of carbonyl (C=O) groups is 1. The van der Waals surface area contributed by atoms with Gasteiger partial charge in [-0.15, -0.1) is 0 Å². The second kappa shape index (κ2) is 6.01. The van der Waals surface area contributed by atoms with Gasteiger partial charge in [0.2, 0.25) is 11.7 Å². The molecule has 1 saturated heterocycles. The highest BCUT2D eigenvalue weighted by molar-refractivity contribution is 7.15. The minimum absolute atomic E-state index is 0.114. The van der Waals surface area contributed by atoms with Crippen LogP contribution in [0.2, 0.25) is 5.02 Å². The van der Waals surface area contributed by atoms with Gasteiger partial charge < -0.3 is 20.3 Å². The van der Waals surface area contributed by atoms with Crippen LogP contribution in [0.1, 0.15) is 6.42 Å². The molecule has 3 heterocycles. The van der Waals surface area contributed by atoms with Crippen LogP contribution in [0.4, 0.5) is 17.3 Å². The number of carbonyl (C=O) groups excluding carboxylic acids is 1. The lowest BCUT2D eigenvalue weighted by Crippen LogP contribution is -2.33. The van der Waals surface area contributed by atoms with Gasteiger partial charge in [-0.2, -0.15) is 9.38 Å². The lowest BCUT2D eigenvalue weighted by atomic mass is 10.2. The van der Waals surface area contributed by atoms with Crippen LogP contribution in [0.25, 0.3) is 4.96 Å². The van der Waals surface area contributed by atoms with E-state index in [0.29, 0.717) is 28.6 Å². The van der Waals surface area contributed by atoms with Crippen molar-refractivity contribution in [2.75, 3.05) is 16.8 Å². The summed E-state index contributed by atoms with van der Waals surface area (Å²) in [6.07, 6.45) is 2.11. The normalized spacial score (nSPS) is 17.4. The number of rotatable bonds is 4. The summed E-state index contributed by atoms with van der Waals surface area (Å²) in [5.41, 5.74) is 0.710. The fourth-order valence-corrected chi connectivity index (χ4v) is 3.82. The molecular weight excluding hydrogens is 366 g/mol.